The van der Waals surface area contributed by atoms with Gasteiger partial charge in [0.15, 0.2) is 5.65 Å². The van der Waals surface area contributed by atoms with E-state index in [1.807, 2.05) is 29.1 Å². The molecule has 0 aliphatic heterocycles. The fraction of sp³-hybridized carbons (Fsp3) is 0.294. The second kappa shape index (κ2) is 5.67. The van der Waals surface area contributed by atoms with Crippen LogP contribution in [-0.4, -0.2) is 29.0 Å². The van der Waals surface area contributed by atoms with Gasteiger partial charge in [-0.05, 0) is 37.6 Å². The van der Waals surface area contributed by atoms with Crippen LogP contribution in [0.3, 0.4) is 0 Å². The predicted molar refractivity (Wildman–Crippen MR) is 86.5 cm³/mol. The molecule has 0 saturated carbocycles. The molecule has 0 N–H and O–H groups in total. The number of benzene rings is 1. The number of pyridine rings is 1. The second-order valence-corrected chi connectivity index (χ2v) is 5.15. The Hall–Kier alpha value is -2.56. The maximum atomic E-state index is 5.33. The van der Waals surface area contributed by atoms with Gasteiger partial charge in [0.2, 0.25) is 0 Å². The van der Waals surface area contributed by atoms with Gasteiger partial charge in [0.1, 0.15) is 11.5 Å². The van der Waals surface area contributed by atoms with Crippen molar-refractivity contribution in [3.8, 4) is 22.8 Å². The first-order valence-electron chi connectivity index (χ1n) is 7.23. The van der Waals surface area contributed by atoms with E-state index in [2.05, 4.69) is 30.0 Å². The topological polar surface area (TPSA) is 49.2 Å². The van der Waals surface area contributed by atoms with Crippen molar-refractivity contribution in [1.82, 2.24) is 14.8 Å². The van der Waals surface area contributed by atoms with Gasteiger partial charge in [-0.3, -0.25) is 4.68 Å². The highest BCUT2D eigenvalue weighted by molar-refractivity contribution is 5.82. The Morgan fingerprint density at radius 3 is 2.32 bits per heavy atom. The molecule has 5 nitrogen and oxygen atoms in total. The number of ether oxygens (including phenoxy) is 2. The molecule has 0 radical (unpaired) electrons. The van der Waals surface area contributed by atoms with Crippen molar-refractivity contribution in [3.63, 3.8) is 0 Å². The van der Waals surface area contributed by atoms with Gasteiger partial charge >= 0.3 is 0 Å². The van der Waals surface area contributed by atoms with Crippen molar-refractivity contribution in [2.75, 3.05) is 14.2 Å². The molecular formula is C17H19N3O2. The third-order valence-corrected chi connectivity index (χ3v) is 3.72. The molecular weight excluding hydrogens is 278 g/mol. The SMILES string of the molecule is CCn1cc2c(C)cc(-c3cc(OC)cc(OC)c3)nc2n1. The number of nitrogens with zero attached hydrogens (tertiary/aromatic N) is 3. The molecule has 114 valence electrons. The van der Waals surface area contributed by atoms with Crippen LogP contribution < -0.4 is 9.47 Å². The molecule has 22 heavy (non-hydrogen) atoms. The van der Waals surface area contributed by atoms with E-state index in [9.17, 15) is 0 Å². The maximum Gasteiger partial charge on any atom is 0.181 e. The normalized spacial score (nSPS) is 10.9. The van der Waals surface area contributed by atoms with Gasteiger partial charge in [0.25, 0.3) is 0 Å². The van der Waals surface area contributed by atoms with Crippen LogP contribution in [0.2, 0.25) is 0 Å². The summed E-state index contributed by atoms with van der Waals surface area (Å²) in [5, 5.41) is 5.59. The molecule has 0 atom stereocenters. The molecule has 0 amide bonds. The van der Waals surface area contributed by atoms with Crippen LogP contribution in [0.25, 0.3) is 22.3 Å². The molecule has 2 heterocycles. The lowest BCUT2D eigenvalue weighted by atomic mass is 10.1. The van der Waals surface area contributed by atoms with Crippen molar-refractivity contribution in [2.24, 2.45) is 0 Å². The van der Waals surface area contributed by atoms with Gasteiger partial charge < -0.3 is 9.47 Å². The van der Waals surface area contributed by atoms with Crippen LogP contribution >= 0.6 is 0 Å². The van der Waals surface area contributed by atoms with Gasteiger partial charge in [-0.2, -0.15) is 5.10 Å². The molecule has 0 saturated heterocycles. The lowest BCUT2D eigenvalue weighted by Crippen LogP contribution is -1.94. The molecule has 2 aromatic heterocycles. The Morgan fingerprint density at radius 2 is 1.73 bits per heavy atom. The Kier molecular flexibility index (Phi) is 3.71. The summed E-state index contributed by atoms with van der Waals surface area (Å²) in [5.41, 5.74) is 3.73. The second-order valence-electron chi connectivity index (χ2n) is 5.15. The van der Waals surface area contributed by atoms with Gasteiger partial charge in [-0.15, -0.1) is 0 Å². The van der Waals surface area contributed by atoms with Crippen LogP contribution in [0.1, 0.15) is 12.5 Å². The molecule has 3 rings (SSSR count). The van der Waals surface area contributed by atoms with Crippen LogP contribution in [0, 0.1) is 6.92 Å². The summed E-state index contributed by atoms with van der Waals surface area (Å²) in [6.07, 6.45) is 2.04. The largest absolute Gasteiger partial charge is 0.497 e. The lowest BCUT2D eigenvalue weighted by Gasteiger charge is -2.09. The van der Waals surface area contributed by atoms with E-state index in [1.165, 1.54) is 0 Å². The number of hydrogen-bond donors (Lipinski definition) is 0. The smallest absolute Gasteiger partial charge is 0.181 e. The first kappa shape index (κ1) is 14.4. The molecule has 0 unspecified atom stereocenters. The fourth-order valence-corrected chi connectivity index (χ4v) is 2.47. The quantitative estimate of drug-likeness (QED) is 0.740. The minimum absolute atomic E-state index is 0.744. The van der Waals surface area contributed by atoms with Crippen molar-refractivity contribution in [1.29, 1.82) is 0 Å². The van der Waals surface area contributed by atoms with E-state index in [4.69, 9.17) is 9.47 Å². The summed E-state index contributed by atoms with van der Waals surface area (Å²) in [6, 6.07) is 7.82. The Labute approximate surface area is 129 Å². The number of aromatic nitrogens is 3. The summed E-state index contributed by atoms with van der Waals surface area (Å²) in [4.78, 5) is 4.68. The molecule has 0 aliphatic rings. The zero-order chi connectivity index (χ0) is 15.7. The minimum Gasteiger partial charge on any atom is -0.497 e. The van der Waals surface area contributed by atoms with E-state index >= 15 is 0 Å². The minimum atomic E-state index is 0.744. The summed E-state index contributed by atoms with van der Waals surface area (Å²) in [5.74, 6) is 1.49. The Morgan fingerprint density at radius 1 is 1.05 bits per heavy atom. The third-order valence-electron chi connectivity index (χ3n) is 3.72. The summed E-state index contributed by atoms with van der Waals surface area (Å²) in [6.45, 7) is 4.97. The lowest BCUT2D eigenvalue weighted by molar-refractivity contribution is 0.394. The van der Waals surface area contributed by atoms with Crippen LogP contribution in [-0.2, 0) is 6.54 Å². The number of fused-ring (bicyclic) bond motifs is 1. The third kappa shape index (κ3) is 2.50. The molecule has 5 heteroatoms. The highest BCUT2D eigenvalue weighted by Crippen LogP contribution is 2.30. The van der Waals surface area contributed by atoms with Crippen LogP contribution in [0.15, 0.2) is 30.5 Å². The fourth-order valence-electron chi connectivity index (χ4n) is 2.47. The summed E-state index contributed by atoms with van der Waals surface area (Å²) < 4.78 is 12.6. The van der Waals surface area contributed by atoms with Gasteiger partial charge in [-0.25, -0.2) is 4.98 Å². The monoisotopic (exact) mass is 297 g/mol. The van der Waals surface area contributed by atoms with E-state index in [1.54, 1.807) is 14.2 Å². The highest BCUT2D eigenvalue weighted by atomic mass is 16.5. The van der Waals surface area contributed by atoms with Crippen LogP contribution in [0.4, 0.5) is 0 Å². The van der Waals surface area contributed by atoms with Crippen molar-refractivity contribution < 1.29 is 9.47 Å². The standard InChI is InChI=1S/C17H19N3O2/c1-5-20-10-15-11(2)6-16(18-17(15)19-20)12-7-13(21-3)9-14(8-12)22-4/h6-10H,5H2,1-4H3. The van der Waals surface area contributed by atoms with Gasteiger partial charge in [0, 0.05) is 29.8 Å². The Bertz CT molecular complexity index is 802. The predicted octanol–water partition coefficient (Wildman–Crippen LogP) is 3.44. The average molecular weight is 297 g/mol. The molecule has 1 aromatic carbocycles. The zero-order valence-corrected chi connectivity index (χ0v) is 13.3. The molecule has 3 aromatic rings. The van der Waals surface area contributed by atoms with E-state index in [-0.39, 0.29) is 0 Å². The van der Waals surface area contributed by atoms with Crippen molar-refractivity contribution in [3.05, 3.63) is 36.0 Å². The van der Waals surface area contributed by atoms with Crippen molar-refractivity contribution >= 4 is 11.0 Å². The number of rotatable bonds is 4. The van der Waals surface area contributed by atoms with E-state index < -0.39 is 0 Å². The maximum absolute atomic E-state index is 5.33. The molecule has 0 spiro atoms. The molecule has 0 bridgehead atoms. The van der Waals surface area contributed by atoms with Gasteiger partial charge in [0.05, 0.1) is 19.9 Å². The van der Waals surface area contributed by atoms with E-state index in [0.29, 0.717) is 0 Å². The summed E-state index contributed by atoms with van der Waals surface area (Å²) in [7, 11) is 3.28. The Balaban J connectivity index is 2.17. The van der Waals surface area contributed by atoms with Gasteiger partial charge in [-0.1, -0.05) is 0 Å². The number of aryl methyl sites for hydroxylation is 2. The molecule has 0 fully saturated rings. The molecule has 0 aliphatic carbocycles. The number of methoxy groups -OCH3 is 2. The van der Waals surface area contributed by atoms with Crippen LogP contribution in [0.5, 0.6) is 11.5 Å². The first-order valence-corrected chi connectivity index (χ1v) is 7.23. The first-order chi connectivity index (χ1) is 10.6. The number of hydrogen-bond acceptors (Lipinski definition) is 4. The van der Waals surface area contributed by atoms with Crippen molar-refractivity contribution in [2.45, 2.75) is 20.4 Å². The highest BCUT2D eigenvalue weighted by Gasteiger charge is 2.10. The summed E-state index contributed by atoms with van der Waals surface area (Å²) >= 11 is 0. The zero-order valence-electron chi connectivity index (χ0n) is 13.3. The average Bonchev–Trinajstić information content (AvgIpc) is 2.98. The van der Waals surface area contributed by atoms with E-state index in [0.717, 1.165) is 45.9 Å².